The molecule has 3 aromatic rings. The number of rotatable bonds is 7. The molecule has 2 heterocycles. The first-order valence-electron chi connectivity index (χ1n) is 13.4. The van der Waals surface area contributed by atoms with Crippen molar-refractivity contribution in [1.82, 2.24) is 9.80 Å². The van der Waals surface area contributed by atoms with Crippen LogP contribution in [0.15, 0.2) is 42.5 Å². The van der Waals surface area contributed by atoms with Gasteiger partial charge >= 0.3 is 0 Å². The van der Waals surface area contributed by atoms with Crippen molar-refractivity contribution in [2.45, 2.75) is 38.3 Å². The molecule has 0 radical (unpaired) electrons. The number of methoxy groups -OCH3 is 4. The highest BCUT2D eigenvalue weighted by Crippen LogP contribution is 2.44. The van der Waals surface area contributed by atoms with E-state index in [9.17, 15) is 0 Å². The second kappa shape index (κ2) is 10.9. The van der Waals surface area contributed by atoms with Crippen molar-refractivity contribution >= 4 is 0 Å². The molecule has 2 atom stereocenters. The van der Waals surface area contributed by atoms with Gasteiger partial charge in [0.05, 0.1) is 34.5 Å². The van der Waals surface area contributed by atoms with E-state index in [0.717, 1.165) is 55.4 Å². The number of likely N-dealkylation sites (N-methyl/N-ethyl adjacent to an activating group) is 2. The van der Waals surface area contributed by atoms with Gasteiger partial charge in [0.2, 0.25) is 0 Å². The molecule has 5 rings (SSSR count). The van der Waals surface area contributed by atoms with Gasteiger partial charge in [-0.3, -0.25) is 9.80 Å². The van der Waals surface area contributed by atoms with Gasteiger partial charge in [-0.1, -0.05) is 23.8 Å². The van der Waals surface area contributed by atoms with E-state index >= 15 is 0 Å². The van der Waals surface area contributed by atoms with E-state index in [2.05, 4.69) is 73.3 Å². The van der Waals surface area contributed by atoms with Gasteiger partial charge in [-0.15, -0.1) is 0 Å². The third kappa shape index (κ3) is 4.72. The van der Waals surface area contributed by atoms with Crippen LogP contribution < -0.4 is 18.9 Å². The minimum Gasteiger partial charge on any atom is -0.493 e. The summed E-state index contributed by atoms with van der Waals surface area (Å²) in [5, 5.41) is 0. The molecule has 38 heavy (non-hydrogen) atoms. The van der Waals surface area contributed by atoms with Gasteiger partial charge in [0, 0.05) is 19.1 Å². The molecule has 2 aliphatic rings. The van der Waals surface area contributed by atoms with Crippen molar-refractivity contribution in [1.29, 1.82) is 0 Å². The molecule has 0 fully saturated rings. The molecular formula is C32H40N2O4. The van der Waals surface area contributed by atoms with Gasteiger partial charge in [-0.2, -0.15) is 0 Å². The first kappa shape index (κ1) is 26.4. The van der Waals surface area contributed by atoms with Crippen LogP contribution in [0.4, 0.5) is 0 Å². The molecule has 0 amide bonds. The summed E-state index contributed by atoms with van der Waals surface area (Å²) < 4.78 is 22.7. The molecule has 0 bridgehead atoms. The first-order chi connectivity index (χ1) is 18.4. The maximum absolute atomic E-state index is 5.72. The van der Waals surface area contributed by atoms with Crippen molar-refractivity contribution in [3.05, 3.63) is 81.4 Å². The fourth-order valence-corrected chi connectivity index (χ4v) is 6.26. The van der Waals surface area contributed by atoms with E-state index in [1.807, 2.05) is 0 Å². The first-order valence-corrected chi connectivity index (χ1v) is 13.4. The molecule has 6 nitrogen and oxygen atoms in total. The van der Waals surface area contributed by atoms with E-state index in [1.54, 1.807) is 28.4 Å². The molecular weight excluding hydrogens is 476 g/mol. The third-order valence-electron chi connectivity index (χ3n) is 8.39. The summed E-state index contributed by atoms with van der Waals surface area (Å²) in [7, 11) is 11.3. The van der Waals surface area contributed by atoms with Crippen molar-refractivity contribution < 1.29 is 18.9 Å². The molecule has 0 N–H and O–H groups in total. The molecule has 2 aliphatic heterocycles. The van der Waals surface area contributed by atoms with Crippen molar-refractivity contribution in [2.24, 2.45) is 0 Å². The minimum absolute atomic E-state index is 0.146. The van der Waals surface area contributed by atoms with Crippen LogP contribution in [-0.4, -0.2) is 65.4 Å². The third-order valence-corrected chi connectivity index (χ3v) is 8.39. The lowest BCUT2D eigenvalue weighted by Crippen LogP contribution is -2.35. The van der Waals surface area contributed by atoms with Crippen LogP contribution in [0.1, 0.15) is 51.0 Å². The lowest BCUT2D eigenvalue weighted by molar-refractivity contribution is 0.225. The Balaban J connectivity index is 1.60. The van der Waals surface area contributed by atoms with Crippen molar-refractivity contribution in [2.75, 3.05) is 55.6 Å². The van der Waals surface area contributed by atoms with Crippen LogP contribution >= 0.6 is 0 Å². The zero-order chi connectivity index (χ0) is 27.0. The normalized spacial score (nSPS) is 19.4. The largest absolute Gasteiger partial charge is 0.493 e. The topological polar surface area (TPSA) is 43.4 Å². The average Bonchev–Trinajstić information content (AvgIpc) is 2.93. The summed E-state index contributed by atoms with van der Waals surface area (Å²) in [5.41, 5.74) is 9.30. The Morgan fingerprint density at radius 3 is 1.79 bits per heavy atom. The van der Waals surface area contributed by atoms with E-state index in [1.165, 1.54) is 38.9 Å². The summed E-state index contributed by atoms with van der Waals surface area (Å²) in [4.78, 5) is 4.95. The smallest absolute Gasteiger partial charge is 0.161 e. The van der Waals surface area contributed by atoms with Gasteiger partial charge in [0.25, 0.3) is 0 Å². The number of ether oxygens (including phenoxy) is 4. The summed E-state index contributed by atoms with van der Waals surface area (Å²) in [6.45, 7) is 4.19. The maximum Gasteiger partial charge on any atom is 0.161 e. The second-order valence-electron chi connectivity index (χ2n) is 10.6. The Labute approximate surface area is 227 Å². The van der Waals surface area contributed by atoms with Crippen LogP contribution in [0.5, 0.6) is 23.0 Å². The zero-order valence-corrected chi connectivity index (χ0v) is 23.8. The Bertz CT molecular complexity index is 1320. The molecule has 2 unspecified atom stereocenters. The Morgan fingerprint density at radius 2 is 1.18 bits per heavy atom. The quantitative estimate of drug-likeness (QED) is 0.420. The SMILES string of the molecule is COc1cc2c(cc1OC)C(Cc1ccc(C)cc1C1c3cc(OC)c(OC)cc3CCN1C)N(C)CC2. The average molecular weight is 517 g/mol. The fraction of sp³-hybridized carbons (Fsp3) is 0.438. The van der Waals surface area contributed by atoms with E-state index in [4.69, 9.17) is 18.9 Å². The Kier molecular flexibility index (Phi) is 7.55. The molecule has 6 heteroatoms. The number of nitrogens with zero attached hydrogens (tertiary/aromatic N) is 2. The van der Waals surface area contributed by atoms with Crippen LogP contribution in [0.2, 0.25) is 0 Å². The van der Waals surface area contributed by atoms with E-state index in [-0.39, 0.29) is 12.1 Å². The van der Waals surface area contributed by atoms with Gasteiger partial charge in [-0.05, 0) is 97.9 Å². The van der Waals surface area contributed by atoms with E-state index < -0.39 is 0 Å². The second-order valence-corrected chi connectivity index (χ2v) is 10.6. The molecule has 0 aromatic heterocycles. The number of hydrogen-bond donors (Lipinski definition) is 0. The van der Waals surface area contributed by atoms with Gasteiger partial charge in [0.15, 0.2) is 23.0 Å². The number of aryl methyl sites for hydroxylation is 1. The summed E-state index contributed by atoms with van der Waals surface area (Å²) in [6.07, 6.45) is 2.91. The predicted molar refractivity (Wildman–Crippen MR) is 151 cm³/mol. The van der Waals surface area contributed by atoms with Gasteiger partial charge in [-0.25, -0.2) is 0 Å². The van der Waals surface area contributed by atoms with Crippen LogP contribution in [0.3, 0.4) is 0 Å². The minimum atomic E-state index is 0.146. The maximum atomic E-state index is 5.72. The highest BCUT2D eigenvalue weighted by molar-refractivity contribution is 5.54. The Hall–Kier alpha value is -3.22. The monoisotopic (exact) mass is 516 g/mol. The highest BCUT2D eigenvalue weighted by Gasteiger charge is 2.32. The number of benzene rings is 3. The zero-order valence-electron chi connectivity index (χ0n) is 23.8. The number of hydrogen-bond acceptors (Lipinski definition) is 6. The number of fused-ring (bicyclic) bond motifs is 2. The van der Waals surface area contributed by atoms with Crippen LogP contribution in [0, 0.1) is 6.92 Å². The van der Waals surface area contributed by atoms with E-state index in [0.29, 0.717) is 0 Å². The van der Waals surface area contributed by atoms with Crippen molar-refractivity contribution in [3.63, 3.8) is 0 Å². The standard InChI is InChI=1S/C32H40N2O4/c1-20-8-9-21(15-27-24-18-30(37-6)28(35-4)16-22(24)10-12-33(27)2)25(14-20)32-26-19-31(38-7)29(36-5)17-23(26)11-13-34(32)3/h8-9,14,16-19,27,32H,10-13,15H2,1-7H3. The summed E-state index contributed by atoms with van der Waals surface area (Å²) >= 11 is 0. The van der Waals surface area contributed by atoms with Gasteiger partial charge in [0.1, 0.15) is 0 Å². The molecule has 0 saturated heterocycles. The lowest BCUT2D eigenvalue weighted by atomic mass is 9.82. The summed E-state index contributed by atoms with van der Waals surface area (Å²) in [6, 6.07) is 16.0. The van der Waals surface area contributed by atoms with Crippen molar-refractivity contribution in [3.8, 4) is 23.0 Å². The fourth-order valence-electron chi connectivity index (χ4n) is 6.26. The molecule has 0 saturated carbocycles. The molecule has 202 valence electrons. The lowest BCUT2D eigenvalue weighted by Gasteiger charge is -2.39. The molecule has 0 spiro atoms. The van der Waals surface area contributed by atoms with Crippen LogP contribution in [0.25, 0.3) is 0 Å². The highest BCUT2D eigenvalue weighted by atomic mass is 16.5. The molecule has 0 aliphatic carbocycles. The predicted octanol–water partition coefficient (Wildman–Crippen LogP) is 5.38. The molecule has 3 aromatic carbocycles. The summed E-state index contributed by atoms with van der Waals surface area (Å²) in [5.74, 6) is 3.17. The Morgan fingerprint density at radius 1 is 0.658 bits per heavy atom. The van der Waals surface area contributed by atoms with Crippen LogP contribution in [-0.2, 0) is 19.3 Å². The van der Waals surface area contributed by atoms with Gasteiger partial charge < -0.3 is 18.9 Å².